The van der Waals surface area contributed by atoms with E-state index in [4.69, 9.17) is 9.47 Å². The Balaban J connectivity index is 1.75. The van der Waals surface area contributed by atoms with Crippen molar-refractivity contribution in [2.75, 3.05) is 46.8 Å². The smallest absolute Gasteiger partial charge is 0.191 e. The van der Waals surface area contributed by atoms with E-state index in [-0.39, 0.29) is 0 Å². The SMILES string of the molecule is CN=C(NCCCc1ccc(N(C)C)cc1)NCc1ccc(OC)c(OC)c1. The van der Waals surface area contributed by atoms with Crippen LogP contribution in [0.15, 0.2) is 47.5 Å². The summed E-state index contributed by atoms with van der Waals surface area (Å²) in [6, 6.07) is 14.6. The summed E-state index contributed by atoms with van der Waals surface area (Å²) in [7, 11) is 9.17. The fourth-order valence-corrected chi connectivity index (χ4v) is 2.86. The van der Waals surface area contributed by atoms with Crippen LogP contribution in [0.25, 0.3) is 0 Å². The quantitative estimate of drug-likeness (QED) is 0.395. The highest BCUT2D eigenvalue weighted by Crippen LogP contribution is 2.27. The number of guanidine groups is 1. The number of benzene rings is 2. The fraction of sp³-hybridized carbons (Fsp3) is 0.409. The van der Waals surface area contributed by atoms with Gasteiger partial charge in [0.2, 0.25) is 0 Å². The van der Waals surface area contributed by atoms with Crippen LogP contribution in [-0.2, 0) is 13.0 Å². The van der Waals surface area contributed by atoms with Crippen molar-refractivity contribution < 1.29 is 9.47 Å². The molecule has 0 unspecified atom stereocenters. The van der Waals surface area contributed by atoms with Crippen LogP contribution < -0.4 is 25.0 Å². The Hall–Kier alpha value is -2.89. The molecule has 2 N–H and O–H groups in total. The summed E-state index contributed by atoms with van der Waals surface area (Å²) >= 11 is 0. The lowest BCUT2D eigenvalue weighted by atomic mass is 10.1. The van der Waals surface area contributed by atoms with Gasteiger partial charge in [-0.05, 0) is 48.2 Å². The molecule has 28 heavy (non-hydrogen) atoms. The molecule has 6 heteroatoms. The number of ether oxygens (including phenoxy) is 2. The Labute approximate surface area is 168 Å². The molecule has 2 aromatic rings. The second-order valence-electron chi connectivity index (χ2n) is 6.71. The van der Waals surface area contributed by atoms with E-state index in [0.717, 1.165) is 42.4 Å². The van der Waals surface area contributed by atoms with Crippen molar-refractivity contribution in [3.8, 4) is 11.5 Å². The molecule has 0 aliphatic heterocycles. The summed E-state index contributed by atoms with van der Waals surface area (Å²) in [5, 5.41) is 6.70. The molecule has 0 spiro atoms. The Morgan fingerprint density at radius 2 is 1.61 bits per heavy atom. The number of hydrogen-bond donors (Lipinski definition) is 2. The normalized spacial score (nSPS) is 11.1. The Morgan fingerprint density at radius 3 is 2.21 bits per heavy atom. The lowest BCUT2D eigenvalue weighted by molar-refractivity contribution is 0.354. The van der Waals surface area contributed by atoms with E-state index in [9.17, 15) is 0 Å². The third-order valence-corrected chi connectivity index (χ3v) is 4.52. The monoisotopic (exact) mass is 384 g/mol. The van der Waals surface area contributed by atoms with Crippen LogP contribution in [0.1, 0.15) is 17.5 Å². The maximum atomic E-state index is 5.35. The standard InChI is InChI=1S/C22H32N4O2/c1-23-22(25-16-18-10-13-20(27-4)21(15-18)28-5)24-14-6-7-17-8-11-19(12-9-17)26(2)3/h8-13,15H,6-7,14,16H2,1-5H3,(H2,23,24,25). The van der Waals surface area contributed by atoms with E-state index in [1.165, 1.54) is 11.3 Å². The van der Waals surface area contributed by atoms with Crippen molar-refractivity contribution in [1.82, 2.24) is 10.6 Å². The Kier molecular flexibility index (Phi) is 8.46. The van der Waals surface area contributed by atoms with E-state index < -0.39 is 0 Å². The third kappa shape index (κ3) is 6.37. The minimum Gasteiger partial charge on any atom is -0.493 e. The number of hydrogen-bond acceptors (Lipinski definition) is 4. The maximum absolute atomic E-state index is 5.35. The highest BCUT2D eigenvalue weighted by atomic mass is 16.5. The van der Waals surface area contributed by atoms with E-state index in [2.05, 4.69) is 58.9 Å². The number of nitrogens with one attached hydrogen (secondary N) is 2. The zero-order valence-corrected chi connectivity index (χ0v) is 17.6. The highest BCUT2D eigenvalue weighted by Gasteiger charge is 2.05. The van der Waals surface area contributed by atoms with Crippen molar-refractivity contribution in [1.29, 1.82) is 0 Å². The first-order chi connectivity index (χ1) is 13.6. The average molecular weight is 385 g/mol. The van der Waals surface area contributed by atoms with Crippen LogP contribution in [0, 0.1) is 0 Å². The first-order valence-electron chi connectivity index (χ1n) is 9.49. The molecule has 0 radical (unpaired) electrons. The van der Waals surface area contributed by atoms with Gasteiger partial charge in [0.1, 0.15) is 0 Å². The van der Waals surface area contributed by atoms with Crippen molar-refractivity contribution in [3.63, 3.8) is 0 Å². The van der Waals surface area contributed by atoms with E-state index in [0.29, 0.717) is 6.54 Å². The van der Waals surface area contributed by atoms with Gasteiger partial charge in [-0.2, -0.15) is 0 Å². The number of anilines is 1. The van der Waals surface area contributed by atoms with Crippen molar-refractivity contribution in [2.24, 2.45) is 4.99 Å². The first-order valence-corrected chi connectivity index (χ1v) is 9.49. The van der Waals surface area contributed by atoms with Crippen molar-refractivity contribution >= 4 is 11.6 Å². The number of methoxy groups -OCH3 is 2. The molecule has 0 saturated heterocycles. The lowest BCUT2D eigenvalue weighted by Crippen LogP contribution is -2.37. The predicted octanol–water partition coefficient (Wildman–Crippen LogP) is 3.07. The summed E-state index contributed by atoms with van der Waals surface area (Å²) in [6.45, 7) is 1.52. The van der Waals surface area contributed by atoms with Crippen LogP contribution >= 0.6 is 0 Å². The van der Waals surface area contributed by atoms with E-state index in [1.54, 1.807) is 21.3 Å². The van der Waals surface area contributed by atoms with E-state index >= 15 is 0 Å². The predicted molar refractivity (Wildman–Crippen MR) is 117 cm³/mol. The number of nitrogens with zero attached hydrogens (tertiary/aromatic N) is 2. The third-order valence-electron chi connectivity index (χ3n) is 4.52. The van der Waals surface area contributed by atoms with Gasteiger partial charge in [-0.15, -0.1) is 0 Å². The lowest BCUT2D eigenvalue weighted by Gasteiger charge is -2.14. The molecule has 0 fully saturated rings. The molecule has 0 heterocycles. The summed E-state index contributed by atoms with van der Waals surface area (Å²) in [5.74, 6) is 2.25. The fourth-order valence-electron chi connectivity index (χ4n) is 2.86. The van der Waals surface area contributed by atoms with Crippen LogP contribution in [0.5, 0.6) is 11.5 Å². The number of rotatable bonds is 9. The summed E-state index contributed by atoms with van der Waals surface area (Å²) in [4.78, 5) is 6.40. The molecule has 0 atom stereocenters. The minimum atomic E-state index is 0.659. The average Bonchev–Trinajstić information content (AvgIpc) is 2.73. The molecule has 0 amide bonds. The molecule has 0 saturated carbocycles. The second kappa shape index (κ2) is 11.1. The Morgan fingerprint density at radius 1 is 0.929 bits per heavy atom. The minimum absolute atomic E-state index is 0.659. The van der Waals surface area contributed by atoms with Gasteiger partial charge in [0, 0.05) is 39.9 Å². The molecule has 0 bridgehead atoms. The zero-order chi connectivity index (χ0) is 20.4. The second-order valence-corrected chi connectivity index (χ2v) is 6.71. The summed E-state index contributed by atoms with van der Waals surface area (Å²) in [6.07, 6.45) is 2.08. The maximum Gasteiger partial charge on any atom is 0.191 e. The van der Waals surface area contributed by atoms with Gasteiger partial charge in [0.25, 0.3) is 0 Å². The van der Waals surface area contributed by atoms with Crippen LogP contribution in [0.3, 0.4) is 0 Å². The van der Waals surface area contributed by atoms with Crippen LogP contribution in [0.4, 0.5) is 5.69 Å². The van der Waals surface area contributed by atoms with Gasteiger partial charge in [-0.1, -0.05) is 18.2 Å². The molecule has 2 rings (SSSR count). The first kappa shape index (κ1) is 21.4. The largest absolute Gasteiger partial charge is 0.493 e. The number of aliphatic imine (C=N–C) groups is 1. The van der Waals surface area contributed by atoms with Crippen molar-refractivity contribution in [2.45, 2.75) is 19.4 Å². The summed E-state index contributed by atoms with van der Waals surface area (Å²) in [5.41, 5.74) is 3.67. The Bertz CT molecular complexity index is 758. The topological polar surface area (TPSA) is 58.1 Å². The van der Waals surface area contributed by atoms with Gasteiger partial charge in [0.05, 0.1) is 14.2 Å². The number of aryl methyl sites for hydroxylation is 1. The zero-order valence-electron chi connectivity index (χ0n) is 17.6. The van der Waals surface area contributed by atoms with Gasteiger partial charge >= 0.3 is 0 Å². The van der Waals surface area contributed by atoms with Gasteiger partial charge in [-0.3, -0.25) is 4.99 Å². The molecular formula is C22H32N4O2. The van der Waals surface area contributed by atoms with Crippen LogP contribution in [-0.4, -0.2) is 47.9 Å². The van der Waals surface area contributed by atoms with Crippen LogP contribution in [0.2, 0.25) is 0 Å². The van der Waals surface area contributed by atoms with Crippen molar-refractivity contribution in [3.05, 3.63) is 53.6 Å². The summed E-state index contributed by atoms with van der Waals surface area (Å²) < 4.78 is 10.6. The molecule has 0 aromatic heterocycles. The van der Waals surface area contributed by atoms with Gasteiger partial charge < -0.3 is 25.0 Å². The molecule has 152 valence electrons. The van der Waals surface area contributed by atoms with E-state index in [1.807, 2.05) is 18.2 Å². The molecule has 2 aromatic carbocycles. The van der Waals surface area contributed by atoms with Gasteiger partial charge in [-0.25, -0.2) is 0 Å². The molecule has 6 nitrogen and oxygen atoms in total. The van der Waals surface area contributed by atoms with Gasteiger partial charge in [0.15, 0.2) is 17.5 Å². The molecule has 0 aliphatic carbocycles. The highest BCUT2D eigenvalue weighted by molar-refractivity contribution is 5.79. The molecule has 0 aliphatic rings. The molecular weight excluding hydrogens is 352 g/mol.